The topological polar surface area (TPSA) is 58.3 Å². The van der Waals surface area contributed by atoms with E-state index in [0.717, 1.165) is 28.9 Å². The highest BCUT2D eigenvalue weighted by atomic mass is 127. The van der Waals surface area contributed by atoms with Crippen molar-refractivity contribution < 1.29 is 0 Å². The Hall–Kier alpha value is -1.16. The van der Waals surface area contributed by atoms with Gasteiger partial charge in [0.2, 0.25) is 0 Å². The second-order valence-corrected chi connectivity index (χ2v) is 5.62. The maximum atomic E-state index is 4.47. The van der Waals surface area contributed by atoms with Crippen molar-refractivity contribution in [3.8, 4) is 0 Å². The van der Waals surface area contributed by atoms with Crippen molar-refractivity contribution in [3.63, 3.8) is 0 Å². The fourth-order valence-electron chi connectivity index (χ4n) is 1.93. The van der Waals surface area contributed by atoms with Crippen LogP contribution in [-0.4, -0.2) is 39.7 Å². The zero-order valence-corrected chi connectivity index (χ0v) is 15.8. The van der Waals surface area contributed by atoms with E-state index in [4.69, 9.17) is 0 Å². The lowest BCUT2D eigenvalue weighted by atomic mass is 10.4. The number of halogens is 1. The zero-order valence-electron chi connectivity index (χ0n) is 12.7. The summed E-state index contributed by atoms with van der Waals surface area (Å²) in [4.78, 5) is 10.8. The lowest BCUT2D eigenvalue weighted by Crippen LogP contribution is -2.38. The number of rotatable bonds is 4. The van der Waals surface area contributed by atoms with E-state index in [9.17, 15) is 0 Å². The molecule has 0 aliphatic carbocycles. The van der Waals surface area contributed by atoms with E-state index in [1.54, 1.807) is 24.6 Å². The van der Waals surface area contributed by atoms with E-state index >= 15 is 0 Å². The highest BCUT2D eigenvalue weighted by molar-refractivity contribution is 14.0. The summed E-state index contributed by atoms with van der Waals surface area (Å²) in [6.45, 7) is 3.46. The van der Waals surface area contributed by atoms with Gasteiger partial charge in [-0.3, -0.25) is 9.67 Å². The van der Waals surface area contributed by atoms with Crippen LogP contribution in [0.25, 0.3) is 0 Å². The van der Waals surface area contributed by atoms with Crippen LogP contribution >= 0.6 is 35.3 Å². The van der Waals surface area contributed by atoms with Crippen LogP contribution in [0.4, 0.5) is 0 Å². The molecule has 2 aromatic heterocycles. The number of thiazole rings is 1. The van der Waals surface area contributed by atoms with Crippen molar-refractivity contribution in [2.24, 2.45) is 12.0 Å². The number of aryl methyl sites for hydroxylation is 2. The quantitative estimate of drug-likeness (QED) is 0.467. The van der Waals surface area contributed by atoms with E-state index in [2.05, 4.69) is 30.7 Å². The molecular formula is C13H21IN6S. The van der Waals surface area contributed by atoms with Crippen molar-refractivity contribution in [1.82, 2.24) is 25.0 Å². The minimum Gasteiger partial charge on any atom is -0.351 e. The van der Waals surface area contributed by atoms with Gasteiger partial charge in [0.05, 0.1) is 29.5 Å². The van der Waals surface area contributed by atoms with Crippen LogP contribution < -0.4 is 5.32 Å². The Morgan fingerprint density at radius 2 is 2.29 bits per heavy atom. The minimum atomic E-state index is 0. The van der Waals surface area contributed by atoms with Gasteiger partial charge in [-0.15, -0.1) is 35.3 Å². The van der Waals surface area contributed by atoms with Crippen molar-refractivity contribution in [2.45, 2.75) is 20.0 Å². The third kappa shape index (κ3) is 4.95. The molecule has 0 saturated heterocycles. The minimum absolute atomic E-state index is 0. The molecule has 0 saturated carbocycles. The van der Waals surface area contributed by atoms with Crippen LogP contribution in [0.3, 0.4) is 0 Å². The average Bonchev–Trinajstić information content (AvgIpc) is 3.00. The summed E-state index contributed by atoms with van der Waals surface area (Å²) in [5, 5.41) is 10.7. The molecule has 0 spiro atoms. The fraction of sp³-hybridized carbons (Fsp3) is 0.462. The van der Waals surface area contributed by atoms with Crippen LogP contribution in [0, 0.1) is 6.92 Å². The molecule has 1 N–H and O–H groups in total. The van der Waals surface area contributed by atoms with E-state index in [1.807, 2.05) is 31.8 Å². The molecule has 2 rings (SSSR count). The first-order valence-electron chi connectivity index (χ1n) is 6.40. The number of aromatic nitrogens is 3. The Kier molecular flexibility index (Phi) is 7.09. The Balaban J connectivity index is 0.00000220. The maximum absolute atomic E-state index is 4.47. The first-order valence-corrected chi connectivity index (χ1v) is 7.27. The molecular weight excluding hydrogens is 399 g/mol. The molecule has 0 atom stereocenters. The molecule has 0 aromatic carbocycles. The summed E-state index contributed by atoms with van der Waals surface area (Å²) >= 11 is 1.67. The van der Waals surface area contributed by atoms with E-state index in [-0.39, 0.29) is 24.0 Å². The van der Waals surface area contributed by atoms with Gasteiger partial charge in [-0.25, -0.2) is 4.98 Å². The monoisotopic (exact) mass is 420 g/mol. The highest BCUT2D eigenvalue weighted by Gasteiger charge is 2.09. The molecule has 0 radical (unpaired) electrons. The molecule has 0 amide bonds. The lowest BCUT2D eigenvalue weighted by molar-refractivity contribution is 0.469. The third-order valence-corrected chi connectivity index (χ3v) is 3.81. The van der Waals surface area contributed by atoms with Crippen molar-refractivity contribution >= 4 is 41.3 Å². The van der Waals surface area contributed by atoms with Gasteiger partial charge in [0.1, 0.15) is 0 Å². The molecule has 0 fully saturated rings. The van der Waals surface area contributed by atoms with Gasteiger partial charge in [-0.2, -0.15) is 5.10 Å². The zero-order chi connectivity index (χ0) is 14.5. The molecule has 21 heavy (non-hydrogen) atoms. The number of nitrogens with zero attached hydrogens (tertiary/aromatic N) is 5. The largest absolute Gasteiger partial charge is 0.351 e. The average molecular weight is 420 g/mol. The number of hydrogen-bond donors (Lipinski definition) is 1. The van der Waals surface area contributed by atoms with Crippen molar-refractivity contribution in [3.05, 3.63) is 34.0 Å². The standard InChI is InChI=1S/C13H20N6S.HI/c1-10-17-11(9-20-10)8-18(3)13(14-2)15-7-12-5-6-16-19(12)4;/h5-6,9H,7-8H2,1-4H3,(H,14,15);1H. The smallest absolute Gasteiger partial charge is 0.194 e. The SMILES string of the molecule is CN=C(NCc1ccnn1C)N(C)Cc1csc(C)n1.I. The van der Waals surface area contributed by atoms with E-state index < -0.39 is 0 Å². The second-order valence-electron chi connectivity index (χ2n) is 4.56. The van der Waals surface area contributed by atoms with Crippen LogP contribution in [0.5, 0.6) is 0 Å². The molecule has 0 bridgehead atoms. The number of guanidine groups is 1. The van der Waals surface area contributed by atoms with Gasteiger partial charge < -0.3 is 10.2 Å². The van der Waals surface area contributed by atoms with Crippen LogP contribution in [-0.2, 0) is 20.1 Å². The Labute approximate surface area is 146 Å². The summed E-state index contributed by atoms with van der Waals surface area (Å²) in [5.74, 6) is 0.844. The number of nitrogens with one attached hydrogen (secondary N) is 1. The van der Waals surface area contributed by atoms with Gasteiger partial charge >= 0.3 is 0 Å². The van der Waals surface area contributed by atoms with Crippen molar-refractivity contribution in [1.29, 1.82) is 0 Å². The number of hydrogen-bond acceptors (Lipinski definition) is 4. The number of aliphatic imine (C=N–C) groups is 1. The van der Waals surface area contributed by atoms with Crippen LogP contribution in [0.15, 0.2) is 22.6 Å². The normalized spacial score (nSPS) is 11.1. The predicted molar refractivity (Wildman–Crippen MR) is 97.1 cm³/mol. The molecule has 2 aromatic rings. The van der Waals surface area contributed by atoms with Crippen LogP contribution in [0.1, 0.15) is 16.4 Å². The summed E-state index contributed by atoms with van der Waals surface area (Å²) in [5.41, 5.74) is 2.18. The fourth-order valence-corrected chi connectivity index (χ4v) is 2.53. The molecule has 0 unspecified atom stereocenters. The molecule has 0 aliphatic heterocycles. The first-order chi connectivity index (χ1) is 9.60. The van der Waals surface area contributed by atoms with E-state index in [1.165, 1.54) is 0 Å². The summed E-state index contributed by atoms with van der Waals surface area (Å²) in [6, 6.07) is 1.99. The van der Waals surface area contributed by atoms with E-state index in [0.29, 0.717) is 6.54 Å². The molecule has 8 heteroatoms. The predicted octanol–water partition coefficient (Wildman–Crippen LogP) is 2.01. The Morgan fingerprint density at radius 3 is 2.81 bits per heavy atom. The van der Waals surface area contributed by atoms with Gasteiger partial charge in [0.25, 0.3) is 0 Å². The van der Waals surface area contributed by atoms with Gasteiger partial charge in [0, 0.05) is 32.7 Å². The van der Waals surface area contributed by atoms with Crippen LogP contribution in [0.2, 0.25) is 0 Å². The van der Waals surface area contributed by atoms with Crippen molar-refractivity contribution in [2.75, 3.05) is 14.1 Å². The highest BCUT2D eigenvalue weighted by Crippen LogP contribution is 2.09. The summed E-state index contributed by atoms with van der Waals surface area (Å²) in [7, 11) is 5.73. The van der Waals surface area contributed by atoms with Gasteiger partial charge in [-0.1, -0.05) is 0 Å². The third-order valence-electron chi connectivity index (χ3n) is 2.99. The Morgan fingerprint density at radius 1 is 1.52 bits per heavy atom. The first kappa shape index (κ1) is 17.9. The van der Waals surface area contributed by atoms with Gasteiger partial charge in [0.15, 0.2) is 5.96 Å². The summed E-state index contributed by atoms with van der Waals surface area (Å²) in [6.07, 6.45) is 1.79. The molecule has 2 heterocycles. The second kappa shape index (κ2) is 8.32. The van der Waals surface area contributed by atoms with Gasteiger partial charge in [-0.05, 0) is 13.0 Å². The lowest BCUT2D eigenvalue weighted by Gasteiger charge is -2.21. The summed E-state index contributed by atoms with van der Waals surface area (Å²) < 4.78 is 1.85. The molecule has 0 aliphatic rings. The maximum Gasteiger partial charge on any atom is 0.194 e. The molecule has 6 nitrogen and oxygen atoms in total. The Bertz CT molecular complexity index is 591. The molecule has 116 valence electrons.